The number of carbonyl (C=O) groups excluding carboxylic acids is 1. The van der Waals surface area contributed by atoms with Crippen molar-refractivity contribution in [3.05, 3.63) is 35.4 Å². The summed E-state index contributed by atoms with van der Waals surface area (Å²) < 4.78 is 0. The standard InChI is InChI=1S/C18H26N2O/c1-2-20(17-8-5-11-19-13-17)18(21)16-10-9-14-6-3-4-7-15(14)12-16/h3-4,6-7,16-17,19H,2,5,8-13H2,1H3. The number of nitrogens with zero attached hydrogens (tertiary/aromatic N) is 1. The Morgan fingerprint density at radius 1 is 1.29 bits per heavy atom. The Hall–Kier alpha value is -1.35. The Labute approximate surface area is 127 Å². The molecular formula is C18H26N2O. The fraction of sp³-hybridized carbons (Fsp3) is 0.611. The molecule has 1 aromatic carbocycles. The molecule has 0 aromatic heterocycles. The lowest BCUT2D eigenvalue weighted by molar-refractivity contribution is -0.138. The second-order valence-corrected chi connectivity index (χ2v) is 6.33. The average Bonchev–Trinajstić information content (AvgIpc) is 2.56. The van der Waals surface area contributed by atoms with Crippen molar-refractivity contribution in [2.45, 2.75) is 45.1 Å². The van der Waals surface area contributed by atoms with Crippen LogP contribution in [0.15, 0.2) is 24.3 Å². The SMILES string of the molecule is CCN(C(=O)C1CCc2ccccc2C1)C1CCCNC1. The van der Waals surface area contributed by atoms with Crippen LogP contribution in [0.4, 0.5) is 0 Å². The van der Waals surface area contributed by atoms with E-state index in [1.807, 2.05) is 0 Å². The van der Waals surface area contributed by atoms with Gasteiger partial charge in [0, 0.05) is 25.0 Å². The highest BCUT2D eigenvalue weighted by Crippen LogP contribution is 2.27. The second kappa shape index (κ2) is 6.61. The lowest BCUT2D eigenvalue weighted by Gasteiger charge is -2.37. The maximum atomic E-state index is 12.9. The first-order valence-electron chi connectivity index (χ1n) is 8.37. The lowest BCUT2D eigenvalue weighted by Crippen LogP contribution is -2.51. The lowest BCUT2D eigenvalue weighted by atomic mass is 9.83. The van der Waals surface area contributed by atoms with Crippen LogP contribution in [0.5, 0.6) is 0 Å². The van der Waals surface area contributed by atoms with E-state index in [1.54, 1.807) is 0 Å². The summed E-state index contributed by atoms with van der Waals surface area (Å²) in [5, 5.41) is 3.43. The monoisotopic (exact) mass is 286 g/mol. The number of nitrogens with one attached hydrogen (secondary N) is 1. The van der Waals surface area contributed by atoms with Crippen molar-refractivity contribution in [1.29, 1.82) is 0 Å². The zero-order valence-corrected chi connectivity index (χ0v) is 13.0. The van der Waals surface area contributed by atoms with Crippen LogP contribution in [0.3, 0.4) is 0 Å². The predicted molar refractivity (Wildman–Crippen MR) is 85.2 cm³/mol. The molecule has 1 heterocycles. The second-order valence-electron chi connectivity index (χ2n) is 6.33. The summed E-state index contributed by atoms with van der Waals surface area (Å²) in [6.45, 7) is 5.01. The Morgan fingerprint density at radius 3 is 2.81 bits per heavy atom. The molecule has 1 N–H and O–H groups in total. The fourth-order valence-corrected chi connectivity index (χ4v) is 3.84. The average molecular weight is 286 g/mol. The number of benzene rings is 1. The summed E-state index contributed by atoms with van der Waals surface area (Å²) in [6, 6.07) is 8.99. The van der Waals surface area contributed by atoms with E-state index in [0.717, 1.165) is 45.3 Å². The third-order valence-corrected chi connectivity index (χ3v) is 5.03. The molecule has 1 amide bonds. The van der Waals surface area contributed by atoms with Gasteiger partial charge in [0.1, 0.15) is 0 Å². The summed E-state index contributed by atoms with van der Waals surface area (Å²) in [6.07, 6.45) is 5.31. The Bertz CT molecular complexity index is 494. The van der Waals surface area contributed by atoms with Crippen LogP contribution in [0.1, 0.15) is 37.3 Å². The number of aryl methyl sites for hydroxylation is 1. The van der Waals surface area contributed by atoms with Gasteiger partial charge in [-0.05, 0) is 56.7 Å². The Balaban J connectivity index is 1.69. The molecule has 3 nitrogen and oxygen atoms in total. The zero-order valence-electron chi connectivity index (χ0n) is 13.0. The highest BCUT2D eigenvalue weighted by Gasteiger charge is 2.31. The van der Waals surface area contributed by atoms with E-state index in [2.05, 4.69) is 41.4 Å². The van der Waals surface area contributed by atoms with Crippen molar-refractivity contribution in [2.24, 2.45) is 5.92 Å². The van der Waals surface area contributed by atoms with Gasteiger partial charge in [-0.3, -0.25) is 4.79 Å². The van der Waals surface area contributed by atoms with E-state index in [-0.39, 0.29) is 5.92 Å². The number of carbonyl (C=O) groups is 1. The smallest absolute Gasteiger partial charge is 0.226 e. The molecule has 0 radical (unpaired) electrons. The Morgan fingerprint density at radius 2 is 2.10 bits per heavy atom. The number of likely N-dealkylation sites (N-methyl/N-ethyl adjacent to an activating group) is 1. The van der Waals surface area contributed by atoms with E-state index >= 15 is 0 Å². The maximum absolute atomic E-state index is 12.9. The van der Waals surface area contributed by atoms with E-state index in [4.69, 9.17) is 0 Å². The number of hydrogen-bond acceptors (Lipinski definition) is 2. The zero-order chi connectivity index (χ0) is 14.7. The van der Waals surface area contributed by atoms with Gasteiger partial charge >= 0.3 is 0 Å². The first-order chi connectivity index (χ1) is 10.3. The van der Waals surface area contributed by atoms with Gasteiger partial charge in [-0.2, -0.15) is 0 Å². The number of piperidine rings is 1. The van der Waals surface area contributed by atoms with Crippen molar-refractivity contribution in [1.82, 2.24) is 10.2 Å². The third kappa shape index (κ3) is 3.13. The predicted octanol–water partition coefficient (Wildman–Crippen LogP) is 2.39. The molecule has 2 atom stereocenters. The van der Waals surface area contributed by atoms with Crippen LogP contribution in [0, 0.1) is 5.92 Å². The van der Waals surface area contributed by atoms with Gasteiger partial charge in [0.05, 0.1) is 0 Å². The maximum Gasteiger partial charge on any atom is 0.226 e. The van der Waals surface area contributed by atoms with Crippen LogP contribution >= 0.6 is 0 Å². The van der Waals surface area contributed by atoms with Gasteiger partial charge in [0.25, 0.3) is 0 Å². The van der Waals surface area contributed by atoms with Crippen LogP contribution in [-0.2, 0) is 17.6 Å². The van der Waals surface area contributed by atoms with Gasteiger partial charge in [0.15, 0.2) is 0 Å². The number of hydrogen-bond donors (Lipinski definition) is 1. The summed E-state index contributed by atoms with van der Waals surface area (Å²) in [4.78, 5) is 15.1. The molecule has 1 aromatic rings. The molecule has 3 heteroatoms. The van der Waals surface area contributed by atoms with E-state index in [9.17, 15) is 4.79 Å². The van der Waals surface area contributed by atoms with Crippen molar-refractivity contribution < 1.29 is 4.79 Å². The highest BCUT2D eigenvalue weighted by atomic mass is 16.2. The number of rotatable bonds is 3. The van der Waals surface area contributed by atoms with Gasteiger partial charge in [-0.1, -0.05) is 24.3 Å². The summed E-state index contributed by atoms with van der Waals surface area (Å²) in [5.41, 5.74) is 2.81. The molecule has 1 aliphatic carbocycles. The van der Waals surface area contributed by atoms with Crippen LogP contribution in [0.2, 0.25) is 0 Å². The van der Waals surface area contributed by atoms with Gasteiger partial charge < -0.3 is 10.2 Å². The molecule has 1 fully saturated rings. The van der Waals surface area contributed by atoms with Crippen molar-refractivity contribution in [3.8, 4) is 0 Å². The van der Waals surface area contributed by atoms with Gasteiger partial charge in [-0.25, -0.2) is 0 Å². The summed E-state index contributed by atoms with van der Waals surface area (Å²) >= 11 is 0. The first kappa shape index (κ1) is 14.6. The number of fused-ring (bicyclic) bond motifs is 1. The molecule has 0 spiro atoms. The molecule has 0 bridgehead atoms. The topological polar surface area (TPSA) is 32.3 Å². The molecule has 2 aliphatic rings. The van der Waals surface area contributed by atoms with E-state index in [1.165, 1.54) is 17.5 Å². The molecule has 3 rings (SSSR count). The summed E-state index contributed by atoms with van der Waals surface area (Å²) in [7, 11) is 0. The van der Waals surface area contributed by atoms with Crippen LogP contribution < -0.4 is 5.32 Å². The highest BCUT2D eigenvalue weighted by molar-refractivity contribution is 5.80. The van der Waals surface area contributed by atoms with Crippen molar-refractivity contribution in [3.63, 3.8) is 0 Å². The van der Waals surface area contributed by atoms with E-state index < -0.39 is 0 Å². The van der Waals surface area contributed by atoms with Gasteiger partial charge in [-0.15, -0.1) is 0 Å². The minimum atomic E-state index is 0.182. The van der Waals surface area contributed by atoms with Crippen LogP contribution in [-0.4, -0.2) is 36.5 Å². The fourth-order valence-electron chi connectivity index (χ4n) is 3.84. The summed E-state index contributed by atoms with van der Waals surface area (Å²) in [5.74, 6) is 0.558. The molecule has 114 valence electrons. The molecule has 1 saturated heterocycles. The Kier molecular flexibility index (Phi) is 4.59. The molecular weight excluding hydrogens is 260 g/mol. The van der Waals surface area contributed by atoms with Gasteiger partial charge in [0.2, 0.25) is 5.91 Å². The van der Waals surface area contributed by atoms with Crippen molar-refractivity contribution >= 4 is 5.91 Å². The van der Waals surface area contributed by atoms with Crippen molar-refractivity contribution in [2.75, 3.05) is 19.6 Å². The minimum absolute atomic E-state index is 0.182. The largest absolute Gasteiger partial charge is 0.338 e. The normalized spacial score (nSPS) is 25.2. The third-order valence-electron chi connectivity index (χ3n) is 5.03. The number of amides is 1. The quantitative estimate of drug-likeness (QED) is 0.925. The molecule has 2 unspecified atom stereocenters. The van der Waals surface area contributed by atoms with E-state index in [0.29, 0.717) is 11.9 Å². The minimum Gasteiger partial charge on any atom is -0.338 e. The molecule has 21 heavy (non-hydrogen) atoms. The molecule has 0 saturated carbocycles. The first-order valence-corrected chi connectivity index (χ1v) is 8.37. The van der Waals surface area contributed by atoms with Crippen LogP contribution in [0.25, 0.3) is 0 Å². The molecule has 1 aliphatic heterocycles.